The molecule has 0 saturated heterocycles. The van der Waals surface area contributed by atoms with Crippen LogP contribution in [0.25, 0.3) is 0 Å². The van der Waals surface area contributed by atoms with E-state index in [0.717, 1.165) is 0 Å². The van der Waals surface area contributed by atoms with Gasteiger partial charge in [-0.3, -0.25) is 0 Å². The number of hydrogen-bond donors (Lipinski definition) is 2. The third-order valence-electron chi connectivity index (χ3n) is 0.103. The average Bonchev–Trinajstić information content (AvgIpc) is 1.41. The second-order valence-electron chi connectivity index (χ2n) is 0.331. The molecular formula is H4FNOP2. The van der Waals surface area contributed by atoms with Gasteiger partial charge in [0.15, 0.2) is 0 Å². The van der Waals surface area contributed by atoms with Crippen LogP contribution in [0.15, 0.2) is 0 Å². The molecule has 0 spiro atoms. The molecule has 5 heteroatoms. The first kappa shape index (κ1) is 5.71. The highest BCUT2D eigenvalue weighted by Crippen LogP contribution is 2.10. The SMILES string of the molecule is OPNPF. The maximum Gasteiger partial charge on any atom is 0.144 e. The van der Waals surface area contributed by atoms with Crippen LogP contribution in [0.1, 0.15) is 0 Å². The topological polar surface area (TPSA) is 32.3 Å². The predicted molar refractivity (Wildman–Crippen MR) is 23.1 cm³/mol. The Morgan fingerprint density at radius 3 is 2.40 bits per heavy atom. The van der Waals surface area contributed by atoms with Gasteiger partial charge in [0, 0.05) is 0 Å². The van der Waals surface area contributed by atoms with Gasteiger partial charge in [-0.1, -0.05) is 0 Å². The van der Waals surface area contributed by atoms with E-state index >= 15 is 0 Å². The van der Waals surface area contributed by atoms with Crippen LogP contribution in [0, 0.1) is 0 Å². The minimum absolute atomic E-state index is 0.455. The summed E-state index contributed by atoms with van der Waals surface area (Å²) in [7, 11) is -1.28. The van der Waals surface area contributed by atoms with Gasteiger partial charge in [0.25, 0.3) is 0 Å². The molecule has 0 amide bonds. The van der Waals surface area contributed by atoms with Crippen molar-refractivity contribution in [1.29, 1.82) is 0 Å². The van der Waals surface area contributed by atoms with E-state index in [-0.39, 0.29) is 0 Å². The van der Waals surface area contributed by atoms with E-state index in [4.69, 9.17) is 4.89 Å². The fraction of sp³-hybridized carbons (Fsp3) is 0. The average molecular weight is 115 g/mol. The first-order valence-corrected chi connectivity index (χ1v) is 2.74. The highest BCUT2D eigenvalue weighted by atomic mass is 31.2. The molecule has 0 saturated carbocycles. The minimum Gasteiger partial charge on any atom is -0.361 e. The van der Waals surface area contributed by atoms with E-state index in [1.54, 1.807) is 0 Å². The fourth-order valence-electron chi connectivity index (χ4n) is 0.0211. The molecule has 2 N–H and O–H groups in total. The van der Waals surface area contributed by atoms with E-state index in [2.05, 4.69) is 4.86 Å². The zero-order valence-corrected chi connectivity index (χ0v) is 4.33. The second-order valence-corrected chi connectivity index (χ2v) is 1.74. The monoisotopic (exact) mass is 115 g/mol. The van der Waals surface area contributed by atoms with Crippen LogP contribution in [0.2, 0.25) is 0 Å². The maximum absolute atomic E-state index is 10.8. The van der Waals surface area contributed by atoms with Gasteiger partial charge < -0.3 is 4.89 Å². The Morgan fingerprint density at radius 2 is 2.40 bits per heavy atom. The summed E-state index contributed by atoms with van der Waals surface area (Å²) >= 11 is 0. The van der Waals surface area contributed by atoms with Crippen molar-refractivity contribution in [2.75, 3.05) is 0 Å². The molecule has 0 aromatic carbocycles. The van der Waals surface area contributed by atoms with Gasteiger partial charge in [-0.15, -0.1) is 0 Å². The molecule has 32 valence electrons. The zero-order chi connectivity index (χ0) is 4.12. The van der Waals surface area contributed by atoms with Crippen molar-refractivity contribution in [1.82, 2.24) is 4.86 Å². The Balaban J connectivity index is 2.19. The molecule has 0 radical (unpaired) electrons. The smallest absolute Gasteiger partial charge is 0.144 e. The Labute approximate surface area is 33.0 Å². The maximum atomic E-state index is 10.8. The summed E-state index contributed by atoms with van der Waals surface area (Å²) in [4.78, 5) is 9.81. The fourth-order valence-corrected chi connectivity index (χ4v) is 0.190. The number of halogens is 1. The lowest BCUT2D eigenvalue weighted by Gasteiger charge is -1.81. The molecule has 2 unspecified atom stereocenters. The lowest BCUT2D eigenvalue weighted by atomic mass is 13.9. The first-order chi connectivity index (χ1) is 2.41. The van der Waals surface area contributed by atoms with Crippen molar-refractivity contribution in [3.05, 3.63) is 0 Å². The second kappa shape index (κ2) is 4.71. The summed E-state index contributed by atoms with van der Waals surface area (Å²) in [6.07, 6.45) is 0. The van der Waals surface area contributed by atoms with Crippen LogP contribution in [0.5, 0.6) is 0 Å². The molecule has 0 heterocycles. The van der Waals surface area contributed by atoms with Crippen LogP contribution in [-0.2, 0) is 0 Å². The third kappa shape index (κ3) is 4.71. The number of rotatable bonds is 2. The lowest BCUT2D eigenvalue weighted by molar-refractivity contribution is 0.642. The van der Waals surface area contributed by atoms with E-state index in [1.807, 2.05) is 0 Å². The summed E-state index contributed by atoms with van der Waals surface area (Å²) in [5, 5.41) is 0. The van der Waals surface area contributed by atoms with Crippen LogP contribution < -0.4 is 4.86 Å². The summed E-state index contributed by atoms with van der Waals surface area (Å²) in [6, 6.07) is 0. The zero-order valence-electron chi connectivity index (χ0n) is 2.33. The van der Waals surface area contributed by atoms with Crippen molar-refractivity contribution in [2.45, 2.75) is 0 Å². The third-order valence-corrected chi connectivity index (χ3v) is 0.928. The number of hydrogen-bond acceptors (Lipinski definition) is 2. The molecule has 0 fully saturated rings. The molecule has 0 bridgehead atoms. The number of nitrogens with one attached hydrogen (secondary N) is 1. The van der Waals surface area contributed by atoms with E-state index in [1.165, 1.54) is 0 Å². The summed E-state index contributed by atoms with van der Waals surface area (Å²) in [6.45, 7) is 0. The highest BCUT2D eigenvalue weighted by Gasteiger charge is 1.68. The van der Waals surface area contributed by atoms with Crippen LogP contribution in [0.4, 0.5) is 4.20 Å². The van der Waals surface area contributed by atoms with Gasteiger partial charge >= 0.3 is 0 Å². The van der Waals surface area contributed by atoms with E-state index < -0.39 is 18.0 Å². The van der Waals surface area contributed by atoms with Crippen LogP contribution in [-0.4, -0.2) is 4.89 Å². The van der Waals surface area contributed by atoms with Crippen molar-refractivity contribution >= 4 is 18.0 Å². The van der Waals surface area contributed by atoms with Crippen LogP contribution >= 0.6 is 18.0 Å². The Bertz CT molecular complexity index is 17.1. The molecule has 5 heavy (non-hydrogen) atoms. The largest absolute Gasteiger partial charge is 0.361 e. The summed E-state index contributed by atoms with van der Waals surface area (Å²) < 4.78 is 10.8. The van der Waals surface area contributed by atoms with Gasteiger partial charge in [-0.25, -0.2) is 9.05 Å². The quantitative estimate of drug-likeness (QED) is 0.515. The van der Waals surface area contributed by atoms with E-state index in [9.17, 15) is 4.20 Å². The molecule has 2 nitrogen and oxygen atoms in total. The molecule has 0 rings (SSSR count). The van der Waals surface area contributed by atoms with E-state index in [0.29, 0.717) is 0 Å². The normalized spacial score (nSPS) is 13.2. The predicted octanol–water partition coefficient (Wildman–Crippen LogP) is 0.555. The molecule has 0 aromatic heterocycles. The van der Waals surface area contributed by atoms with Crippen LogP contribution in [0.3, 0.4) is 0 Å². The molecule has 2 atom stereocenters. The Kier molecular flexibility index (Phi) is 5.38. The molecule has 0 aliphatic carbocycles. The van der Waals surface area contributed by atoms with Crippen molar-refractivity contribution in [3.63, 3.8) is 0 Å². The minimum atomic E-state index is -0.830. The summed E-state index contributed by atoms with van der Waals surface area (Å²) in [5.74, 6) is 0. The first-order valence-electron chi connectivity index (χ1n) is 0.913. The lowest BCUT2D eigenvalue weighted by Crippen LogP contribution is -1.72. The molecule has 0 aliphatic heterocycles. The van der Waals surface area contributed by atoms with Gasteiger partial charge in [-0.2, -0.15) is 0 Å². The summed E-state index contributed by atoms with van der Waals surface area (Å²) in [5.41, 5.74) is 0. The van der Waals surface area contributed by atoms with Gasteiger partial charge in [0.1, 0.15) is 9.04 Å². The van der Waals surface area contributed by atoms with Crippen molar-refractivity contribution in [3.8, 4) is 0 Å². The van der Waals surface area contributed by atoms with Gasteiger partial charge in [0.2, 0.25) is 0 Å². The van der Waals surface area contributed by atoms with Crippen molar-refractivity contribution < 1.29 is 9.09 Å². The van der Waals surface area contributed by atoms with Gasteiger partial charge in [-0.05, 0) is 0 Å². The molecule has 0 aliphatic rings. The van der Waals surface area contributed by atoms with Crippen molar-refractivity contribution in [2.24, 2.45) is 0 Å². The standard InChI is InChI=1S/FH4NOP2/c1-4-2-5-3/h2-5H. The molecular weight excluding hydrogens is 111 g/mol. The van der Waals surface area contributed by atoms with Gasteiger partial charge in [0.05, 0.1) is 8.96 Å². The Hall–Kier alpha value is 0.710. The Morgan fingerprint density at radius 1 is 1.80 bits per heavy atom. The molecule has 0 aromatic rings. The highest BCUT2D eigenvalue weighted by molar-refractivity contribution is 7.45.